The summed E-state index contributed by atoms with van der Waals surface area (Å²) in [6.45, 7) is 39.9. The molecule has 30 heteroatoms. The smallest absolute Gasteiger partial charge is 0.391 e. The standard InChI is InChI=1S/C36H42F3N3O6.C25H34N2O3S.C20H37N3O5.C8H15N3O/c1-5-11-44-14-15-46-16-17-47-18-19-48-35(3,4)34-32(42-9-12-45-13-10-42)23-29(25-41-34)31-20-27(24-40-26(31)2)21-33(43)28-7-6-8-30(22-28)36(37,38)39;1-15(18-7-9-19(10-8-18)23-17(3)26-14-31-23)11-22(29)21-12-20(28)13-27(21)24(30)16(2)25(4,5)6;1-17(2)20(24)7-5-6-8-23-15-19(21-22-23)16-27-12-11-25-9-10-26-13-14-28-18(3)4;1-7(2)8(12)5-3-4-6-10-11-9/h1,6-8,20,22-25H,9-19,21H2,2-4H3;7-10,14-16,20-21,28H,11-13H2,1-6H3;15,17-18H,5-14,16H2,1-4H3;7H,3-6H2,1-2H3/t;15-,16+,20-,21+;;/m.1../s1. The molecule has 2 aromatic carbocycles. The zero-order valence-electron chi connectivity index (χ0n) is 72.5. The fourth-order valence-electron chi connectivity index (χ4n) is 12.5. The van der Waals surface area contributed by atoms with Crippen molar-refractivity contribution in [1.29, 1.82) is 0 Å². The van der Waals surface area contributed by atoms with Gasteiger partial charge < -0.3 is 57.5 Å². The van der Waals surface area contributed by atoms with Crippen LogP contribution in [0.1, 0.15) is 197 Å². The monoisotopic (exact) mass is 1680 g/mol. The lowest BCUT2D eigenvalue weighted by Gasteiger charge is -2.35. The molecule has 119 heavy (non-hydrogen) atoms. The zero-order chi connectivity index (χ0) is 87.5. The number of ether oxygens (including phenoxy) is 9. The fourth-order valence-corrected chi connectivity index (χ4v) is 13.3. The number of rotatable bonds is 47. The van der Waals surface area contributed by atoms with E-state index < -0.39 is 35.3 Å². The minimum Gasteiger partial charge on any atom is -0.391 e. The number of aryl methyl sites for hydroxylation is 3. The average molecular weight is 1680 g/mol. The number of aliphatic hydroxyl groups excluding tert-OH is 1. The summed E-state index contributed by atoms with van der Waals surface area (Å²) in [6.07, 6.45) is 10.7. The molecule has 2 aliphatic rings. The van der Waals surface area contributed by atoms with E-state index in [1.165, 1.54) is 12.1 Å². The van der Waals surface area contributed by atoms with Gasteiger partial charge in [-0.2, -0.15) is 13.2 Å². The van der Waals surface area contributed by atoms with Crippen LogP contribution in [0.25, 0.3) is 32.0 Å². The van der Waals surface area contributed by atoms with Crippen LogP contribution in [0, 0.1) is 49.4 Å². The number of amides is 1. The molecule has 4 aromatic heterocycles. The molecule has 0 aliphatic carbocycles. The minimum absolute atomic E-state index is 0.00402. The Hall–Kier alpha value is -8.28. The number of pyridine rings is 2. The van der Waals surface area contributed by atoms with Gasteiger partial charge in [-0.05, 0) is 125 Å². The first kappa shape index (κ1) is 101. The highest BCUT2D eigenvalue weighted by Gasteiger charge is 2.43. The van der Waals surface area contributed by atoms with E-state index in [1.54, 1.807) is 33.3 Å². The Morgan fingerprint density at radius 3 is 1.93 bits per heavy atom. The lowest BCUT2D eigenvalue weighted by molar-refractivity contribution is -0.143. The molecule has 2 aliphatic heterocycles. The van der Waals surface area contributed by atoms with Gasteiger partial charge in [0.25, 0.3) is 0 Å². The molecular weight excluding hydrogens is 1550 g/mol. The number of terminal acetylenes is 1. The average Bonchev–Trinajstić information content (AvgIpc) is 1.51. The predicted molar refractivity (Wildman–Crippen MR) is 454 cm³/mol. The number of thiazole rings is 1. The van der Waals surface area contributed by atoms with Gasteiger partial charge in [0.1, 0.15) is 29.5 Å². The number of anilines is 1. The number of azide groups is 1. The lowest BCUT2D eigenvalue weighted by Crippen LogP contribution is -2.46. The zero-order valence-corrected chi connectivity index (χ0v) is 73.4. The van der Waals surface area contributed by atoms with Crippen molar-refractivity contribution in [3.8, 4) is 33.9 Å². The molecule has 1 amide bonds. The summed E-state index contributed by atoms with van der Waals surface area (Å²) in [6, 6.07) is 16.1. The second-order valence-corrected chi connectivity index (χ2v) is 32.8. The van der Waals surface area contributed by atoms with Gasteiger partial charge in [-0.25, -0.2) is 4.98 Å². The summed E-state index contributed by atoms with van der Waals surface area (Å²) in [5.41, 5.74) is 16.6. The van der Waals surface area contributed by atoms with Crippen molar-refractivity contribution in [2.45, 2.75) is 211 Å². The van der Waals surface area contributed by atoms with E-state index in [1.807, 2.05) is 128 Å². The molecule has 4 atom stereocenters. The van der Waals surface area contributed by atoms with Crippen LogP contribution in [0.2, 0.25) is 0 Å². The molecular formula is C89H128F3N11O15S. The molecule has 656 valence electrons. The number of alkyl halides is 3. The van der Waals surface area contributed by atoms with Crippen LogP contribution in [0.15, 0.2) is 89.9 Å². The SMILES string of the molecule is C#CCOCCOCCOCCOC(C)(C)c1ncc(-c2cc(CC(=O)c3cccc(C(F)(F)F)c3)cnc2C)cc1N1CCOCC1.CC(C)C(=O)CCCCN=[N+]=[N-].CC(C)OCCOCCOCCOCc1cn(CCCCC(=O)C(C)C)nn1.Cc1ncsc1-c1ccc([C@H](C)CC(=O)[C@@H]2C[C@@H](O)CN2C(=O)[C@H](C)C(C)(C)C)cc1. The number of Topliss-reactive ketones (excluding diaryl/α,β-unsaturated/α-hetero) is 4. The highest BCUT2D eigenvalue weighted by molar-refractivity contribution is 7.13. The molecule has 0 bridgehead atoms. The van der Waals surface area contributed by atoms with Crippen molar-refractivity contribution in [1.82, 2.24) is 34.8 Å². The first-order valence-corrected chi connectivity index (χ1v) is 42.1. The first-order chi connectivity index (χ1) is 56.6. The molecule has 6 heterocycles. The first-order valence-electron chi connectivity index (χ1n) is 41.3. The van der Waals surface area contributed by atoms with E-state index in [-0.39, 0.29) is 77.8 Å². The van der Waals surface area contributed by atoms with Gasteiger partial charge in [-0.3, -0.25) is 38.6 Å². The predicted octanol–water partition coefficient (Wildman–Crippen LogP) is 15.8. The molecule has 2 fully saturated rings. The van der Waals surface area contributed by atoms with Gasteiger partial charge in [0.2, 0.25) is 5.91 Å². The van der Waals surface area contributed by atoms with E-state index in [9.17, 15) is 42.3 Å². The largest absolute Gasteiger partial charge is 0.416 e. The summed E-state index contributed by atoms with van der Waals surface area (Å²) in [4.78, 5) is 83.2. The van der Waals surface area contributed by atoms with E-state index in [2.05, 4.69) is 65.4 Å². The maximum atomic E-state index is 13.2. The van der Waals surface area contributed by atoms with Gasteiger partial charge in [0.05, 0.1) is 157 Å². The third kappa shape index (κ3) is 37.3. The highest BCUT2D eigenvalue weighted by Crippen LogP contribution is 2.38. The van der Waals surface area contributed by atoms with Crippen LogP contribution in [0.4, 0.5) is 18.9 Å². The number of benzene rings is 2. The van der Waals surface area contributed by atoms with Crippen molar-refractivity contribution in [2.24, 2.45) is 28.3 Å². The summed E-state index contributed by atoms with van der Waals surface area (Å²) < 4.78 is 91.4. The molecule has 0 unspecified atom stereocenters. The number of hydrogen-bond acceptors (Lipinski definition) is 23. The van der Waals surface area contributed by atoms with Crippen LogP contribution in [-0.2, 0) is 93.2 Å². The van der Waals surface area contributed by atoms with Crippen LogP contribution >= 0.6 is 11.3 Å². The number of halogens is 3. The number of aliphatic hydroxyl groups is 1. The number of carbonyl (C=O) groups excluding carboxylic acids is 5. The fraction of sp³-hybridized carbons (Fsp3) is 0.618. The second kappa shape index (κ2) is 53.5. The Balaban J connectivity index is 0.000000308. The van der Waals surface area contributed by atoms with Gasteiger partial charge in [0, 0.05) is 122 Å². The van der Waals surface area contributed by atoms with Gasteiger partial charge in [0.15, 0.2) is 11.6 Å². The van der Waals surface area contributed by atoms with Gasteiger partial charge in [-0.15, -0.1) is 22.9 Å². The normalized spacial score (nSPS) is 14.8. The molecule has 2 saturated heterocycles. The Labute approximate surface area is 705 Å². The highest BCUT2D eigenvalue weighted by atomic mass is 32.1. The van der Waals surface area contributed by atoms with Gasteiger partial charge in [-0.1, -0.05) is 115 Å². The maximum Gasteiger partial charge on any atom is 0.416 e. The number of carbonyl (C=O) groups is 5. The Kier molecular flexibility index (Phi) is 45.5. The van der Waals surface area contributed by atoms with Crippen molar-refractivity contribution in [2.75, 3.05) is 130 Å². The summed E-state index contributed by atoms with van der Waals surface area (Å²) in [5.74, 6) is 2.64. The quantitative estimate of drug-likeness (QED) is 0.00926. The minimum atomic E-state index is -4.53. The Bertz CT molecular complexity index is 4110. The number of β-amino-alcohol motifs (C(OH)–C–C–N with tert-alkyl or cyclic N) is 1. The number of hydrogen-bond donors (Lipinski definition) is 1. The van der Waals surface area contributed by atoms with E-state index in [0.29, 0.717) is 156 Å². The summed E-state index contributed by atoms with van der Waals surface area (Å²) in [7, 11) is 0. The third-order valence-corrected chi connectivity index (χ3v) is 20.9. The van der Waals surface area contributed by atoms with Crippen molar-refractivity contribution in [3.63, 3.8) is 0 Å². The molecule has 26 nitrogen and oxygen atoms in total. The number of morpholine rings is 1. The van der Waals surface area contributed by atoms with Crippen LogP contribution in [-0.4, -0.2) is 213 Å². The third-order valence-electron chi connectivity index (χ3n) is 19.9. The van der Waals surface area contributed by atoms with Crippen LogP contribution < -0.4 is 4.90 Å². The topological polar surface area (TPSA) is 313 Å². The van der Waals surface area contributed by atoms with Crippen molar-refractivity contribution in [3.05, 3.63) is 140 Å². The Morgan fingerprint density at radius 1 is 0.731 bits per heavy atom. The summed E-state index contributed by atoms with van der Waals surface area (Å²) >= 11 is 1.62. The van der Waals surface area contributed by atoms with E-state index in [0.717, 1.165) is 100.0 Å². The van der Waals surface area contributed by atoms with Gasteiger partial charge >= 0.3 is 6.18 Å². The number of aromatic nitrogens is 6. The van der Waals surface area contributed by atoms with Crippen molar-refractivity contribution < 1.29 is 84.9 Å². The number of unbranched alkanes of at least 4 members (excludes halogenated alkanes) is 2. The van der Waals surface area contributed by atoms with E-state index >= 15 is 0 Å². The second-order valence-electron chi connectivity index (χ2n) is 31.9. The number of nitrogens with zero attached hydrogens (tertiary/aromatic N) is 11. The molecule has 0 radical (unpaired) electrons. The maximum absolute atomic E-state index is 13.2. The molecule has 8 rings (SSSR count). The van der Waals surface area contributed by atoms with E-state index in [4.69, 9.17) is 59.6 Å². The summed E-state index contributed by atoms with van der Waals surface area (Å²) in [5, 5.41) is 21.8. The van der Waals surface area contributed by atoms with Crippen LogP contribution in [0.3, 0.4) is 0 Å². The van der Waals surface area contributed by atoms with Crippen LogP contribution in [0.5, 0.6) is 0 Å². The number of likely N-dealkylation sites (tertiary alicyclic amines) is 1. The molecule has 1 N–H and O–H groups in total. The molecule has 6 aromatic rings. The molecule has 0 saturated carbocycles. The molecule has 0 spiro atoms. The van der Waals surface area contributed by atoms with Crippen molar-refractivity contribution >= 4 is 46.1 Å². The number of ketones is 4. The lowest BCUT2D eigenvalue weighted by atomic mass is 9.81. The Morgan fingerprint density at radius 2 is 1.34 bits per heavy atom.